The van der Waals surface area contributed by atoms with E-state index in [1.165, 1.54) is 6.20 Å². The van der Waals surface area contributed by atoms with Crippen LogP contribution in [0.5, 0.6) is 0 Å². The molecule has 0 saturated heterocycles. The van der Waals surface area contributed by atoms with Gasteiger partial charge in [0.05, 0.1) is 23.1 Å². The van der Waals surface area contributed by atoms with E-state index in [0.717, 1.165) is 37.8 Å². The van der Waals surface area contributed by atoms with Gasteiger partial charge in [-0.3, -0.25) is 9.59 Å². The van der Waals surface area contributed by atoms with Crippen molar-refractivity contribution >= 4 is 23.5 Å². The summed E-state index contributed by atoms with van der Waals surface area (Å²) in [6.45, 7) is 6.00. The lowest BCUT2D eigenvalue weighted by atomic mass is 9.75. The fourth-order valence-electron chi connectivity index (χ4n) is 4.85. The Labute approximate surface area is 204 Å². The van der Waals surface area contributed by atoms with E-state index in [1.54, 1.807) is 4.68 Å². The molecule has 5 N–H and O–H groups in total. The number of amides is 1. The Morgan fingerprint density at radius 3 is 2.63 bits per heavy atom. The number of nitrogens with two attached hydrogens (primary N) is 2. The van der Waals surface area contributed by atoms with E-state index in [0.29, 0.717) is 30.5 Å². The second kappa shape index (κ2) is 9.73. The van der Waals surface area contributed by atoms with Gasteiger partial charge >= 0.3 is 5.97 Å². The molecule has 1 atom stereocenters. The third-order valence-corrected chi connectivity index (χ3v) is 6.54. The summed E-state index contributed by atoms with van der Waals surface area (Å²) in [5, 5.41) is 7.37. The van der Waals surface area contributed by atoms with E-state index in [-0.39, 0.29) is 34.6 Å². The number of ether oxygens (including phenoxy) is 1. The zero-order chi connectivity index (χ0) is 25.3. The minimum Gasteiger partial charge on any atom is -0.460 e. The predicted octanol–water partition coefficient (Wildman–Crippen LogP) is 2.05. The van der Waals surface area contributed by atoms with Crippen LogP contribution < -0.4 is 16.8 Å². The minimum absolute atomic E-state index is 0.0481. The van der Waals surface area contributed by atoms with Crippen molar-refractivity contribution in [2.24, 2.45) is 16.9 Å². The summed E-state index contributed by atoms with van der Waals surface area (Å²) >= 11 is 0. The fourth-order valence-corrected chi connectivity index (χ4v) is 4.85. The third kappa shape index (κ3) is 5.19. The molecule has 1 amide bonds. The molecular weight excluding hydrogens is 450 g/mol. The Morgan fingerprint density at radius 1 is 1.26 bits per heavy atom. The molecule has 0 aromatic carbocycles. The first-order valence-electron chi connectivity index (χ1n) is 12.1. The highest BCUT2D eigenvalue weighted by Gasteiger charge is 2.36. The summed E-state index contributed by atoms with van der Waals surface area (Å²) in [6.07, 6.45) is 6.33. The van der Waals surface area contributed by atoms with Gasteiger partial charge < -0.3 is 21.5 Å². The molecule has 2 heterocycles. The number of aromatic nitrogens is 4. The largest absolute Gasteiger partial charge is 0.460 e. The van der Waals surface area contributed by atoms with Crippen molar-refractivity contribution in [3.63, 3.8) is 0 Å². The van der Waals surface area contributed by atoms with Gasteiger partial charge in [-0.25, -0.2) is 19.4 Å². The van der Waals surface area contributed by atoms with Gasteiger partial charge in [0.15, 0.2) is 29.3 Å². The van der Waals surface area contributed by atoms with Crippen LogP contribution in [0.15, 0.2) is 6.20 Å². The zero-order valence-electron chi connectivity index (χ0n) is 20.5. The lowest BCUT2D eigenvalue weighted by molar-refractivity contribution is -0.151. The average molecular weight is 484 g/mol. The molecule has 188 valence electrons. The van der Waals surface area contributed by atoms with Crippen LogP contribution in [0.2, 0.25) is 0 Å². The van der Waals surface area contributed by atoms with Crippen molar-refractivity contribution in [3.8, 4) is 5.82 Å². The summed E-state index contributed by atoms with van der Waals surface area (Å²) in [6, 6.07) is 0. The topological polar surface area (TPSA) is 168 Å². The lowest BCUT2D eigenvalue weighted by Crippen LogP contribution is -2.42. The van der Waals surface area contributed by atoms with Crippen LogP contribution in [0.3, 0.4) is 0 Å². The zero-order valence-corrected chi connectivity index (χ0v) is 20.5. The minimum atomic E-state index is -1.27. The van der Waals surface area contributed by atoms with Crippen molar-refractivity contribution in [2.45, 2.75) is 84.4 Å². The molecule has 4 rings (SSSR count). The first-order chi connectivity index (χ1) is 16.6. The normalized spacial score (nSPS) is 18.6. The van der Waals surface area contributed by atoms with Crippen molar-refractivity contribution in [2.75, 3.05) is 5.32 Å². The summed E-state index contributed by atoms with van der Waals surface area (Å²) in [4.78, 5) is 46.1. The summed E-state index contributed by atoms with van der Waals surface area (Å²) in [7, 11) is 0. The molecule has 1 unspecified atom stereocenters. The van der Waals surface area contributed by atoms with E-state index in [2.05, 4.69) is 20.4 Å². The highest BCUT2D eigenvalue weighted by Crippen LogP contribution is 2.37. The van der Waals surface area contributed by atoms with Crippen molar-refractivity contribution in [3.05, 3.63) is 28.8 Å². The second-order valence-corrected chi connectivity index (χ2v) is 10.1. The van der Waals surface area contributed by atoms with Gasteiger partial charge in [-0.15, -0.1) is 0 Å². The molecule has 0 radical (unpaired) electrons. The van der Waals surface area contributed by atoms with Crippen LogP contribution in [-0.4, -0.2) is 49.7 Å². The summed E-state index contributed by atoms with van der Waals surface area (Å²) < 4.78 is 7.11. The molecule has 1 fully saturated rings. The van der Waals surface area contributed by atoms with E-state index in [4.69, 9.17) is 16.2 Å². The van der Waals surface area contributed by atoms with Gasteiger partial charge in [0, 0.05) is 6.42 Å². The van der Waals surface area contributed by atoms with Crippen LogP contribution in [0, 0.1) is 5.41 Å². The number of Topliss-reactive ketones (excluding diaryl/α,β-unsaturated/α-hetero) is 1. The molecule has 35 heavy (non-hydrogen) atoms. The highest BCUT2D eigenvalue weighted by atomic mass is 16.5. The van der Waals surface area contributed by atoms with Crippen molar-refractivity contribution in [1.29, 1.82) is 0 Å². The number of primary amides is 1. The molecule has 1 saturated carbocycles. The number of carbonyl (C=O) groups is 3. The molecule has 2 aromatic heterocycles. The number of aryl methyl sites for hydroxylation is 1. The summed E-state index contributed by atoms with van der Waals surface area (Å²) in [5.41, 5.74) is 13.2. The maximum absolute atomic E-state index is 12.9. The molecule has 2 aliphatic carbocycles. The number of hydrogen-bond acceptors (Lipinski definition) is 9. The first-order valence-corrected chi connectivity index (χ1v) is 12.1. The van der Waals surface area contributed by atoms with Crippen LogP contribution in [0.4, 0.5) is 5.82 Å². The number of fused-ring (bicyclic) bond motifs is 1. The molecule has 11 nitrogen and oxygen atoms in total. The number of nitrogens with zero attached hydrogens (tertiary/aromatic N) is 4. The lowest BCUT2D eigenvalue weighted by Gasteiger charge is -2.29. The SMILES string of the molecule is CCc1nn(-c2cnc(C(N)=O)c(NC(N)C(=O)OC3CCCCC3)n2)c2c1C(=O)CC(C)(C)C2. The van der Waals surface area contributed by atoms with Gasteiger partial charge in [0.1, 0.15) is 6.10 Å². The van der Waals surface area contributed by atoms with Gasteiger partial charge in [0.25, 0.3) is 5.91 Å². The van der Waals surface area contributed by atoms with Crippen LogP contribution >= 0.6 is 0 Å². The molecule has 2 aromatic rings. The van der Waals surface area contributed by atoms with Crippen molar-refractivity contribution < 1.29 is 19.1 Å². The number of ketones is 1. The molecular formula is C24H33N7O4. The fraction of sp³-hybridized carbons (Fsp3) is 0.583. The Morgan fingerprint density at radius 2 is 1.97 bits per heavy atom. The predicted molar refractivity (Wildman–Crippen MR) is 128 cm³/mol. The van der Waals surface area contributed by atoms with Crippen molar-refractivity contribution in [1.82, 2.24) is 19.7 Å². The number of nitrogens with one attached hydrogen (secondary N) is 1. The number of hydrogen-bond donors (Lipinski definition) is 3. The third-order valence-electron chi connectivity index (χ3n) is 6.54. The second-order valence-electron chi connectivity index (χ2n) is 10.1. The van der Waals surface area contributed by atoms with E-state index >= 15 is 0 Å². The number of carbonyl (C=O) groups excluding carboxylic acids is 3. The van der Waals surface area contributed by atoms with E-state index in [1.807, 2.05) is 20.8 Å². The van der Waals surface area contributed by atoms with Crippen LogP contribution in [0.25, 0.3) is 5.82 Å². The highest BCUT2D eigenvalue weighted by molar-refractivity contribution is 6.00. The molecule has 0 aliphatic heterocycles. The van der Waals surface area contributed by atoms with Crippen LogP contribution in [0.1, 0.15) is 91.5 Å². The number of esters is 1. The van der Waals surface area contributed by atoms with Crippen LogP contribution in [-0.2, 0) is 22.4 Å². The van der Waals surface area contributed by atoms with E-state index < -0.39 is 18.0 Å². The molecule has 11 heteroatoms. The molecule has 0 bridgehead atoms. The average Bonchev–Trinajstić information content (AvgIpc) is 3.17. The monoisotopic (exact) mass is 483 g/mol. The van der Waals surface area contributed by atoms with Gasteiger partial charge in [0.2, 0.25) is 0 Å². The van der Waals surface area contributed by atoms with Gasteiger partial charge in [-0.05, 0) is 43.9 Å². The number of anilines is 1. The Balaban J connectivity index is 1.66. The Bertz CT molecular complexity index is 1150. The standard InChI is InChI=1S/C24H33N7O4/c1-4-14-18-15(10-24(2,3)11-16(18)32)31(30-14)17-12-27-19(21(26)33)22(28-17)29-20(25)23(34)35-13-8-6-5-7-9-13/h12-13,20H,4-11,25H2,1-3H3,(H2,26,33)(H,28,29). The molecule has 0 spiro atoms. The van der Waals surface area contributed by atoms with E-state index in [9.17, 15) is 14.4 Å². The Kier molecular flexibility index (Phi) is 6.88. The molecule has 2 aliphatic rings. The maximum Gasteiger partial charge on any atom is 0.343 e. The van der Waals surface area contributed by atoms with Gasteiger partial charge in [-0.1, -0.05) is 27.2 Å². The number of rotatable bonds is 7. The quantitative estimate of drug-likeness (QED) is 0.394. The maximum atomic E-state index is 12.9. The Hall–Kier alpha value is -3.34. The van der Waals surface area contributed by atoms with Gasteiger partial charge in [-0.2, -0.15) is 5.10 Å². The summed E-state index contributed by atoms with van der Waals surface area (Å²) in [5.74, 6) is -1.19. The first kappa shape index (κ1) is 24.8. The smallest absolute Gasteiger partial charge is 0.343 e.